The molecule has 140 valence electrons. The molecule has 2 amide bonds. The highest BCUT2D eigenvalue weighted by atomic mass is 127. The molecular weight excluding hydrogens is 469 g/mol. The summed E-state index contributed by atoms with van der Waals surface area (Å²) in [7, 11) is 0. The Balaban J connectivity index is 2.05. The summed E-state index contributed by atoms with van der Waals surface area (Å²) in [4.78, 5) is 38.0. The van der Waals surface area contributed by atoms with E-state index in [0.29, 0.717) is 31.7 Å². The average molecular weight is 489 g/mol. The second kappa shape index (κ2) is 9.81. The molecule has 2 rings (SSSR count). The van der Waals surface area contributed by atoms with Gasteiger partial charge in [0.2, 0.25) is 5.91 Å². The molecule has 26 heavy (non-hydrogen) atoms. The molecule has 0 aromatic heterocycles. The Kier molecular flexibility index (Phi) is 7.76. The number of ether oxygens (including phenoxy) is 1. The van der Waals surface area contributed by atoms with Crippen LogP contribution in [0.1, 0.15) is 30.1 Å². The van der Waals surface area contributed by atoms with E-state index in [1.54, 1.807) is 23.1 Å². The minimum atomic E-state index is -0.795. The first-order valence-electron chi connectivity index (χ1n) is 8.23. The normalized spacial score (nSPS) is 16.6. The monoisotopic (exact) mass is 489 g/mol. The van der Waals surface area contributed by atoms with Crippen molar-refractivity contribution in [3.8, 4) is 0 Å². The second-order valence-corrected chi connectivity index (χ2v) is 7.33. The van der Waals surface area contributed by atoms with Crippen molar-refractivity contribution in [3.63, 3.8) is 0 Å². The molecule has 1 unspecified atom stereocenters. The van der Waals surface area contributed by atoms with E-state index in [0.717, 1.165) is 3.57 Å². The number of piperazine rings is 1. The molecule has 1 saturated heterocycles. The van der Waals surface area contributed by atoms with Gasteiger partial charge in [-0.3, -0.25) is 19.7 Å². The summed E-state index contributed by atoms with van der Waals surface area (Å²) in [6, 6.07) is 6.28. The van der Waals surface area contributed by atoms with Crippen LogP contribution in [0.5, 0.6) is 0 Å². The van der Waals surface area contributed by atoms with Gasteiger partial charge in [0.15, 0.2) is 5.11 Å². The van der Waals surface area contributed by atoms with Gasteiger partial charge in [-0.25, -0.2) is 0 Å². The molecule has 1 atom stereocenters. The zero-order chi connectivity index (χ0) is 19.1. The second-order valence-electron chi connectivity index (χ2n) is 5.69. The molecule has 0 saturated carbocycles. The largest absolute Gasteiger partial charge is 0.466 e. The third kappa shape index (κ3) is 5.63. The van der Waals surface area contributed by atoms with Crippen molar-refractivity contribution < 1.29 is 19.1 Å². The molecule has 7 nitrogen and oxygen atoms in total. The maximum atomic E-state index is 12.4. The molecule has 0 aliphatic carbocycles. The lowest BCUT2D eigenvalue weighted by Gasteiger charge is -2.36. The van der Waals surface area contributed by atoms with Crippen molar-refractivity contribution in [3.05, 3.63) is 33.4 Å². The fraction of sp³-hybridized carbons (Fsp3) is 0.412. The summed E-state index contributed by atoms with van der Waals surface area (Å²) in [5.74, 6) is -1.13. The van der Waals surface area contributed by atoms with Crippen molar-refractivity contribution in [2.24, 2.45) is 0 Å². The van der Waals surface area contributed by atoms with Crippen molar-refractivity contribution in [2.45, 2.75) is 25.8 Å². The number of halogens is 1. The zero-order valence-corrected chi connectivity index (χ0v) is 17.3. The SMILES string of the molecule is CCCOC(=O)CC1C(=O)NCCN1C(=S)NC(=O)c1cccc(I)c1. The molecule has 1 aromatic rings. The predicted molar refractivity (Wildman–Crippen MR) is 109 cm³/mol. The van der Waals surface area contributed by atoms with Gasteiger partial charge in [0, 0.05) is 22.2 Å². The summed E-state index contributed by atoms with van der Waals surface area (Å²) in [5, 5.41) is 5.47. The fourth-order valence-electron chi connectivity index (χ4n) is 2.46. The van der Waals surface area contributed by atoms with Crippen LogP contribution in [0, 0.1) is 3.57 Å². The first kappa shape index (κ1) is 20.6. The predicted octanol–water partition coefficient (Wildman–Crippen LogP) is 1.45. The number of nitrogens with one attached hydrogen (secondary N) is 2. The van der Waals surface area contributed by atoms with E-state index in [4.69, 9.17) is 17.0 Å². The highest BCUT2D eigenvalue weighted by Crippen LogP contribution is 2.12. The molecule has 0 spiro atoms. The van der Waals surface area contributed by atoms with Gasteiger partial charge in [0.1, 0.15) is 6.04 Å². The zero-order valence-electron chi connectivity index (χ0n) is 14.3. The first-order chi connectivity index (χ1) is 12.4. The maximum absolute atomic E-state index is 12.4. The van der Waals surface area contributed by atoms with E-state index in [-0.39, 0.29) is 23.3 Å². The Morgan fingerprint density at radius 3 is 2.92 bits per heavy atom. The van der Waals surface area contributed by atoms with Gasteiger partial charge in [-0.05, 0) is 59.4 Å². The smallest absolute Gasteiger partial charge is 0.308 e. The molecule has 1 aliphatic heterocycles. The standard InChI is InChI=1S/C17H20IN3O4S/c1-2-8-25-14(22)10-13-16(24)19-6-7-21(13)17(26)20-15(23)11-4-3-5-12(18)9-11/h3-5,9,13H,2,6-8,10H2,1H3,(H,19,24)(H,20,23,26). The van der Waals surface area contributed by atoms with Crippen LogP contribution in [0.4, 0.5) is 0 Å². The van der Waals surface area contributed by atoms with Gasteiger partial charge < -0.3 is 15.0 Å². The molecule has 1 aliphatic rings. The average Bonchev–Trinajstić information content (AvgIpc) is 2.61. The number of nitrogens with zero attached hydrogens (tertiary/aromatic N) is 1. The third-order valence-corrected chi connectivity index (χ3v) is 4.73. The minimum Gasteiger partial charge on any atom is -0.466 e. The van der Waals surface area contributed by atoms with Crippen LogP contribution in [-0.2, 0) is 14.3 Å². The number of carbonyl (C=O) groups is 3. The molecule has 1 aromatic carbocycles. The minimum absolute atomic E-state index is 0.120. The molecule has 1 fully saturated rings. The lowest BCUT2D eigenvalue weighted by atomic mass is 10.1. The van der Waals surface area contributed by atoms with Crippen LogP contribution < -0.4 is 10.6 Å². The topological polar surface area (TPSA) is 87.7 Å². The van der Waals surface area contributed by atoms with Gasteiger partial charge in [0.05, 0.1) is 13.0 Å². The Bertz CT molecular complexity index is 713. The van der Waals surface area contributed by atoms with E-state index < -0.39 is 12.0 Å². The summed E-state index contributed by atoms with van der Waals surface area (Å²) < 4.78 is 5.98. The van der Waals surface area contributed by atoms with Gasteiger partial charge in [0.25, 0.3) is 5.91 Å². The third-order valence-electron chi connectivity index (χ3n) is 3.73. The van der Waals surface area contributed by atoms with Crippen LogP contribution in [0.25, 0.3) is 0 Å². The van der Waals surface area contributed by atoms with Crippen LogP contribution in [0.3, 0.4) is 0 Å². The summed E-state index contributed by atoms with van der Waals surface area (Å²) in [5.41, 5.74) is 0.472. The maximum Gasteiger partial charge on any atom is 0.308 e. The van der Waals surface area contributed by atoms with Gasteiger partial charge >= 0.3 is 5.97 Å². The molecular formula is C17H20IN3O4S. The lowest BCUT2D eigenvalue weighted by molar-refractivity contribution is -0.147. The number of benzene rings is 1. The van der Waals surface area contributed by atoms with E-state index in [2.05, 4.69) is 33.2 Å². The lowest BCUT2D eigenvalue weighted by Crippen LogP contribution is -2.60. The number of amides is 2. The van der Waals surface area contributed by atoms with Crippen LogP contribution >= 0.6 is 34.8 Å². The van der Waals surface area contributed by atoms with E-state index >= 15 is 0 Å². The van der Waals surface area contributed by atoms with E-state index in [1.165, 1.54) is 0 Å². The highest BCUT2D eigenvalue weighted by Gasteiger charge is 2.34. The molecule has 2 N–H and O–H groups in total. The molecule has 9 heteroatoms. The highest BCUT2D eigenvalue weighted by molar-refractivity contribution is 14.1. The van der Waals surface area contributed by atoms with Crippen molar-refractivity contribution in [1.29, 1.82) is 0 Å². The first-order valence-corrected chi connectivity index (χ1v) is 9.72. The van der Waals surface area contributed by atoms with Crippen molar-refractivity contribution >= 4 is 57.7 Å². The summed E-state index contributed by atoms with van der Waals surface area (Å²) in [6.45, 7) is 2.99. The van der Waals surface area contributed by atoms with Crippen LogP contribution in [-0.4, -0.2) is 53.5 Å². The summed E-state index contributed by atoms with van der Waals surface area (Å²) in [6.07, 6.45) is 0.585. The Labute approximate surface area is 171 Å². The molecule has 1 heterocycles. The number of thiocarbonyl (C=S) groups is 1. The molecule has 0 bridgehead atoms. The molecule has 0 radical (unpaired) electrons. The Morgan fingerprint density at radius 2 is 2.23 bits per heavy atom. The number of hydrogen-bond donors (Lipinski definition) is 2. The quantitative estimate of drug-likeness (QED) is 0.370. The van der Waals surface area contributed by atoms with E-state index in [1.807, 2.05) is 13.0 Å². The van der Waals surface area contributed by atoms with Gasteiger partial charge in [-0.2, -0.15) is 0 Å². The van der Waals surface area contributed by atoms with Crippen LogP contribution in [0.2, 0.25) is 0 Å². The van der Waals surface area contributed by atoms with E-state index in [9.17, 15) is 14.4 Å². The number of esters is 1. The van der Waals surface area contributed by atoms with Gasteiger partial charge in [-0.15, -0.1) is 0 Å². The van der Waals surface area contributed by atoms with Crippen molar-refractivity contribution in [2.75, 3.05) is 19.7 Å². The van der Waals surface area contributed by atoms with Crippen molar-refractivity contribution in [1.82, 2.24) is 15.5 Å². The summed E-state index contributed by atoms with van der Waals surface area (Å²) >= 11 is 7.43. The fourth-order valence-corrected chi connectivity index (χ4v) is 3.32. The van der Waals surface area contributed by atoms with Gasteiger partial charge in [-0.1, -0.05) is 13.0 Å². The number of hydrogen-bond acceptors (Lipinski definition) is 5. The Hall–Kier alpha value is -1.75. The number of rotatable bonds is 5. The van der Waals surface area contributed by atoms with Crippen LogP contribution in [0.15, 0.2) is 24.3 Å². The Morgan fingerprint density at radius 1 is 1.46 bits per heavy atom. The number of carbonyl (C=O) groups excluding carboxylic acids is 3.